The van der Waals surface area contributed by atoms with E-state index >= 15 is 0 Å². The molecule has 0 aliphatic carbocycles. The molecule has 0 aromatic rings. The summed E-state index contributed by atoms with van der Waals surface area (Å²) in [6, 6.07) is -0.494. The summed E-state index contributed by atoms with van der Waals surface area (Å²) in [5.74, 6) is 1.77. The second kappa shape index (κ2) is 18.6. The highest BCUT2D eigenvalue weighted by molar-refractivity contribution is 8.14. The lowest BCUT2D eigenvalue weighted by Crippen LogP contribution is -2.44. The van der Waals surface area contributed by atoms with E-state index in [-0.39, 0.29) is 6.17 Å². The molecule has 0 amide bonds. The van der Waals surface area contributed by atoms with Crippen molar-refractivity contribution in [2.45, 2.75) is 116 Å². The van der Waals surface area contributed by atoms with Gasteiger partial charge in [-0.1, -0.05) is 90.4 Å². The molecule has 0 bridgehead atoms. The van der Waals surface area contributed by atoms with Gasteiger partial charge in [-0.15, -0.1) is 11.8 Å². The van der Waals surface area contributed by atoms with Gasteiger partial charge in [0.1, 0.15) is 12.2 Å². The number of hydrogen-bond donors (Lipinski definition) is 2. The number of carboxylic acid groups (broad SMARTS) is 1. The maximum atomic E-state index is 11.4. The second-order valence-corrected chi connectivity index (χ2v) is 10.6. The molecule has 0 fully saturated rings. The van der Waals surface area contributed by atoms with Crippen LogP contribution in [0.1, 0.15) is 104 Å². The van der Waals surface area contributed by atoms with Crippen LogP contribution in [0.2, 0.25) is 0 Å². The first kappa shape index (κ1) is 26.8. The molecular weight excluding hydrogens is 400 g/mol. The molecule has 170 valence electrons. The molecule has 1 aliphatic heterocycles. The highest BCUT2D eigenvalue weighted by Crippen LogP contribution is 2.18. The zero-order valence-corrected chi connectivity index (χ0v) is 20.4. The summed E-state index contributed by atoms with van der Waals surface area (Å²) in [7, 11) is 0. The van der Waals surface area contributed by atoms with Crippen LogP contribution >= 0.6 is 23.5 Å². The smallest absolute Gasteiger partial charge is 0.321 e. The molecule has 0 aromatic heterocycles. The lowest BCUT2D eigenvalue weighted by atomic mass is 10.0. The molecule has 1 rings (SSSR count). The third-order valence-corrected chi connectivity index (χ3v) is 7.56. The van der Waals surface area contributed by atoms with Crippen molar-refractivity contribution in [1.29, 1.82) is 0 Å². The Morgan fingerprint density at radius 1 is 1.03 bits per heavy atom. The Labute approximate surface area is 187 Å². The van der Waals surface area contributed by atoms with Crippen LogP contribution in [-0.4, -0.2) is 45.6 Å². The third-order valence-electron chi connectivity index (χ3n) is 5.41. The van der Waals surface area contributed by atoms with Crippen molar-refractivity contribution in [2.75, 3.05) is 17.3 Å². The topological polar surface area (TPSA) is 61.7 Å². The molecule has 0 saturated carbocycles. The quantitative estimate of drug-likeness (QED) is 0.204. The molecule has 0 saturated heterocycles. The summed E-state index contributed by atoms with van der Waals surface area (Å²) in [6.45, 7) is 4.26. The van der Waals surface area contributed by atoms with E-state index in [0.29, 0.717) is 5.75 Å². The third kappa shape index (κ3) is 15.3. The van der Waals surface area contributed by atoms with E-state index in [9.17, 15) is 9.90 Å². The minimum atomic E-state index is -0.761. The summed E-state index contributed by atoms with van der Waals surface area (Å²) in [6.07, 6.45) is 19.2. The SMILES string of the molecule is CCCCCCCCCCCCCCCCSCC(NC1CSC(C)=N1)C(=O)O. The van der Waals surface area contributed by atoms with Crippen molar-refractivity contribution < 1.29 is 9.90 Å². The van der Waals surface area contributed by atoms with Crippen molar-refractivity contribution in [1.82, 2.24) is 5.32 Å². The van der Waals surface area contributed by atoms with E-state index in [2.05, 4.69) is 17.2 Å². The Morgan fingerprint density at radius 2 is 1.55 bits per heavy atom. The van der Waals surface area contributed by atoms with Gasteiger partial charge >= 0.3 is 5.97 Å². The van der Waals surface area contributed by atoms with Gasteiger partial charge in [0.15, 0.2) is 0 Å². The maximum absolute atomic E-state index is 11.4. The molecular formula is C23H44N2O2S2. The van der Waals surface area contributed by atoms with Crippen LogP contribution in [0, 0.1) is 0 Å². The van der Waals surface area contributed by atoms with Crippen LogP contribution in [0.4, 0.5) is 0 Å². The Balaban J connectivity index is 1.85. The Morgan fingerprint density at radius 3 is 2.00 bits per heavy atom. The van der Waals surface area contributed by atoms with E-state index in [1.165, 1.54) is 89.9 Å². The highest BCUT2D eigenvalue weighted by atomic mass is 32.2. The highest BCUT2D eigenvalue weighted by Gasteiger charge is 2.23. The normalized spacial score (nSPS) is 17.4. The predicted octanol–water partition coefficient (Wildman–Crippen LogP) is 6.74. The first-order chi connectivity index (χ1) is 14.1. The summed E-state index contributed by atoms with van der Waals surface area (Å²) < 4.78 is 0. The van der Waals surface area contributed by atoms with Gasteiger partial charge in [0, 0.05) is 11.5 Å². The largest absolute Gasteiger partial charge is 0.480 e. The number of nitrogens with one attached hydrogen (secondary N) is 1. The molecule has 1 heterocycles. The number of aliphatic carboxylic acids is 1. The van der Waals surface area contributed by atoms with Crippen LogP contribution in [0.5, 0.6) is 0 Å². The predicted molar refractivity (Wildman–Crippen MR) is 132 cm³/mol. The average molecular weight is 445 g/mol. The van der Waals surface area contributed by atoms with Gasteiger partial charge < -0.3 is 5.11 Å². The standard InChI is InChI=1S/C23H44N2O2S2/c1-3-4-5-6-7-8-9-10-11-12-13-14-15-16-17-28-18-21(23(26)27)25-22-19-29-20(2)24-22/h21-22,25H,3-19H2,1-2H3,(H,26,27). The van der Waals surface area contributed by atoms with E-state index in [1.807, 2.05) is 6.92 Å². The van der Waals surface area contributed by atoms with Gasteiger partial charge in [-0.25, -0.2) is 0 Å². The number of carboxylic acids is 1. The Hall–Kier alpha value is -0.200. The summed E-state index contributed by atoms with van der Waals surface area (Å²) >= 11 is 3.46. The van der Waals surface area contributed by atoms with E-state index in [1.54, 1.807) is 23.5 Å². The summed E-state index contributed by atoms with van der Waals surface area (Å²) in [5.41, 5.74) is 0. The zero-order chi connectivity index (χ0) is 21.2. The molecule has 2 N–H and O–H groups in total. The van der Waals surface area contributed by atoms with Crippen molar-refractivity contribution >= 4 is 34.5 Å². The number of nitrogens with zero attached hydrogens (tertiary/aromatic N) is 1. The van der Waals surface area contributed by atoms with Gasteiger partial charge in [-0.05, 0) is 19.1 Å². The number of aliphatic imine (C=N–C) groups is 1. The fourth-order valence-corrected chi connectivity index (χ4v) is 5.42. The molecule has 2 atom stereocenters. The number of carbonyl (C=O) groups is 1. The van der Waals surface area contributed by atoms with Crippen LogP contribution in [0.25, 0.3) is 0 Å². The van der Waals surface area contributed by atoms with E-state index in [4.69, 9.17) is 0 Å². The van der Waals surface area contributed by atoms with Crippen molar-refractivity contribution in [3.63, 3.8) is 0 Å². The van der Waals surface area contributed by atoms with Crippen LogP contribution in [0.3, 0.4) is 0 Å². The first-order valence-corrected chi connectivity index (χ1v) is 14.0. The minimum Gasteiger partial charge on any atom is -0.480 e. The van der Waals surface area contributed by atoms with Gasteiger partial charge in [-0.2, -0.15) is 11.8 Å². The van der Waals surface area contributed by atoms with Crippen LogP contribution < -0.4 is 5.32 Å². The molecule has 0 aromatic carbocycles. The second-order valence-electron chi connectivity index (χ2n) is 8.20. The van der Waals surface area contributed by atoms with E-state index < -0.39 is 12.0 Å². The monoisotopic (exact) mass is 444 g/mol. The molecule has 4 nitrogen and oxygen atoms in total. The number of rotatable bonds is 20. The number of hydrogen-bond acceptors (Lipinski definition) is 5. The summed E-state index contributed by atoms with van der Waals surface area (Å²) in [5, 5.41) is 13.6. The van der Waals surface area contributed by atoms with Crippen molar-refractivity contribution in [3.05, 3.63) is 0 Å². The lowest BCUT2D eigenvalue weighted by molar-refractivity contribution is -0.139. The maximum Gasteiger partial charge on any atom is 0.321 e. The number of thioether (sulfide) groups is 2. The van der Waals surface area contributed by atoms with Crippen molar-refractivity contribution in [2.24, 2.45) is 4.99 Å². The molecule has 0 radical (unpaired) electrons. The first-order valence-electron chi connectivity index (χ1n) is 11.9. The zero-order valence-electron chi connectivity index (χ0n) is 18.8. The van der Waals surface area contributed by atoms with Crippen molar-refractivity contribution in [3.8, 4) is 0 Å². The van der Waals surface area contributed by atoms with Crippen LogP contribution in [-0.2, 0) is 4.79 Å². The average Bonchev–Trinajstić information content (AvgIpc) is 3.11. The number of unbranched alkanes of at least 4 members (excludes halogenated alkanes) is 13. The Bertz CT molecular complexity index is 447. The molecule has 29 heavy (non-hydrogen) atoms. The van der Waals surface area contributed by atoms with Crippen LogP contribution in [0.15, 0.2) is 4.99 Å². The van der Waals surface area contributed by atoms with Gasteiger partial charge in [0.2, 0.25) is 0 Å². The fraction of sp³-hybridized carbons (Fsp3) is 0.913. The molecule has 2 unspecified atom stereocenters. The minimum absolute atomic E-state index is 0.0391. The molecule has 0 spiro atoms. The fourth-order valence-electron chi connectivity index (χ4n) is 3.60. The summed E-state index contributed by atoms with van der Waals surface area (Å²) in [4.78, 5) is 15.9. The van der Waals surface area contributed by atoms with E-state index in [0.717, 1.165) is 16.5 Å². The molecule has 1 aliphatic rings. The Kier molecular flexibility index (Phi) is 17.2. The lowest BCUT2D eigenvalue weighted by Gasteiger charge is -2.17. The van der Waals surface area contributed by atoms with Gasteiger partial charge in [0.05, 0.1) is 5.04 Å². The van der Waals surface area contributed by atoms with Gasteiger partial charge in [0.25, 0.3) is 0 Å². The van der Waals surface area contributed by atoms with Gasteiger partial charge in [-0.3, -0.25) is 15.1 Å². The molecule has 6 heteroatoms.